The van der Waals surface area contributed by atoms with Crippen LogP contribution in [0.1, 0.15) is 22.3 Å². The third-order valence-corrected chi connectivity index (χ3v) is 4.86. The summed E-state index contributed by atoms with van der Waals surface area (Å²) in [5, 5.41) is 16.4. The molecular formula is C16H16N4OS. The normalized spacial score (nSPS) is 20.5. The number of hydrogen-bond acceptors (Lipinski definition) is 4. The van der Waals surface area contributed by atoms with Crippen LogP contribution in [0.4, 0.5) is 0 Å². The summed E-state index contributed by atoms with van der Waals surface area (Å²) >= 11 is 1.69. The van der Waals surface area contributed by atoms with E-state index in [0.717, 1.165) is 11.3 Å². The zero-order valence-corrected chi connectivity index (χ0v) is 12.8. The number of nitrogens with one attached hydrogen (secondary N) is 1. The van der Waals surface area contributed by atoms with Gasteiger partial charge in [-0.3, -0.25) is 9.48 Å². The molecule has 6 heteroatoms. The molecule has 0 saturated carbocycles. The molecular weight excluding hydrogens is 296 g/mol. The van der Waals surface area contributed by atoms with Gasteiger partial charge in [-0.25, -0.2) is 0 Å². The second-order valence-corrected chi connectivity index (χ2v) is 6.47. The Hall–Kier alpha value is -2.26. The molecule has 112 valence electrons. The van der Waals surface area contributed by atoms with E-state index in [-0.39, 0.29) is 5.91 Å². The number of nitrogens with zero attached hydrogens (tertiary/aromatic N) is 3. The molecule has 0 radical (unpaired) electrons. The molecule has 1 aliphatic heterocycles. The molecule has 22 heavy (non-hydrogen) atoms. The van der Waals surface area contributed by atoms with Crippen molar-refractivity contribution >= 4 is 17.7 Å². The van der Waals surface area contributed by atoms with E-state index in [2.05, 4.69) is 16.5 Å². The van der Waals surface area contributed by atoms with Gasteiger partial charge in [0.2, 0.25) is 0 Å². The van der Waals surface area contributed by atoms with Crippen molar-refractivity contribution in [1.82, 2.24) is 15.1 Å². The first kappa shape index (κ1) is 14.7. The second kappa shape index (κ2) is 6.24. The van der Waals surface area contributed by atoms with Crippen LogP contribution < -0.4 is 5.32 Å². The summed E-state index contributed by atoms with van der Waals surface area (Å²) in [6.45, 7) is 0.618. The van der Waals surface area contributed by atoms with Crippen LogP contribution in [0.25, 0.3) is 0 Å². The zero-order chi connectivity index (χ0) is 15.4. The van der Waals surface area contributed by atoms with Crippen LogP contribution in [0.15, 0.2) is 42.7 Å². The van der Waals surface area contributed by atoms with Gasteiger partial charge in [-0.05, 0) is 17.7 Å². The average molecular weight is 312 g/mol. The highest BCUT2D eigenvalue weighted by molar-refractivity contribution is 7.99. The second-order valence-electron chi connectivity index (χ2n) is 5.36. The van der Waals surface area contributed by atoms with E-state index in [9.17, 15) is 10.1 Å². The SMILES string of the molecule is N#CC1(NC(=O)c2cnn(Cc3ccccc3)c2)CCSC1. The minimum Gasteiger partial charge on any atom is -0.333 e. The summed E-state index contributed by atoms with van der Waals surface area (Å²) in [5.41, 5.74) is 0.879. The molecule has 5 nitrogen and oxygen atoms in total. The van der Waals surface area contributed by atoms with E-state index in [1.807, 2.05) is 30.3 Å². The summed E-state index contributed by atoms with van der Waals surface area (Å²) in [6.07, 6.45) is 3.96. The minimum absolute atomic E-state index is 0.233. The molecule has 2 aromatic rings. The number of thioether (sulfide) groups is 1. The molecule has 0 bridgehead atoms. The highest BCUT2D eigenvalue weighted by Crippen LogP contribution is 2.27. The number of rotatable bonds is 4. The van der Waals surface area contributed by atoms with Crippen molar-refractivity contribution in [2.75, 3.05) is 11.5 Å². The number of carbonyl (C=O) groups is 1. The van der Waals surface area contributed by atoms with E-state index < -0.39 is 5.54 Å². The highest BCUT2D eigenvalue weighted by atomic mass is 32.2. The van der Waals surface area contributed by atoms with Crippen LogP contribution in [0.3, 0.4) is 0 Å². The Bertz CT molecular complexity index is 698. The topological polar surface area (TPSA) is 70.7 Å². The van der Waals surface area contributed by atoms with Crippen molar-refractivity contribution in [3.63, 3.8) is 0 Å². The number of carbonyl (C=O) groups excluding carboxylic acids is 1. The molecule has 3 rings (SSSR count). The van der Waals surface area contributed by atoms with E-state index >= 15 is 0 Å². The van der Waals surface area contributed by atoms with Crippen LogP contribution in [-0.4, -0.2) is 32.7 Å². The Morgan fingerprint density at radius 3 is 2.95 bits per heavy atom. The van der Waals surface area contributed by atoms with Crippen LogP contribution in [0, 0.1) is 11.3 Å². The molecule has 0 aliphatic carbocycles. The molecule has 1 saturated heterocycles. The molecule has 1 amide bonds. The molecule has 1 fully saturated rings. The average Bonchev–Trinajstić information content (AvgIpc) is 3.18. The maximum absolute atomic E-state index is 12.3. The molecule has 1 aromatic carbocycles. The molecule has 1 atom stereocenters. The maximum Gasteiger partial charge on any atom is 0.255 e. The van der Waals surface area contributed by atoms with Gasteiger partial charge in [-0.1, -0.05) is 30.3 Å². The minimum atomic E-state index is -0.733. The fourth-order valence-corrected chi connectivity index (χ4v) is 3.67. The first-order valence-electron chi connectivity index (χ1n) is 7.09. The van der Waals surface area contributed by atoms with Gasteiger partial charge in [-0.2, -0.15) is 22.1 Å². The van der Waals surface area contributed by atoms with E-state index in [1.54, 1.807) is 28.8 Å². The van der Waals surface area contributed by atoms with E-state index in [0.29, 0.717) is 24.3 Å². The van der Waals surface area contributed by atoms with Gasteiger partial charge < -0.3 is 5.32 Å². The van der Waals surface area contributed by atoms with Crippen molar-refractivity contribution in [3.05, 3.63) is 53.9 Å². The Balaban J connectivity index is 1.68. The van der Waals surface area contributed by atoms with Crippen molar-refractivity contribution in [3.8, 4) is 6.07 Å². The summed E-state index contributed by atoms with van der Waals surface area (Å²) in [5.74, 6) is 1.32. The lowest BCUT2D eigenvalue weighted by molar-refractivity contribution is 0.0926. The summed E-state index contributed by atoms with van der Waals surface area (Å²) in [6, 6.07) is 12.2. The Labute approximate surface area is 133 Å². The number of nitriles is 1. The molecule has 2 heterocycles. The molecule has 1 aliphatic rings. The largest absolute Gasteiger partial charge is 0.333 e. The fourth-order valence-electron chi connectivity index (χ4n) is 2.41. The number of hydrogen-bond donors (Lipinski definition) is 1. The number of aromatic nitrogens is 2. The highest BCUT2D eigenvalue weighted by Gasteiger charge is 2.36. The quantitative estimate of drug-likeness (QED) is 0.938. The molecule has 0 spiro atoms. The third kappa shape index (κ3) is 3.15. The van der Waals surface area contributed by atoms with Gasteiger partial charge in [0.15, 0.2) is 0 Å². The Morgan fingerprint density at radius 1 is 1.45 bits per heavy atom. The predicted molar refractivity (Wildman–Crippen MR) is 85.5 cm³/mol. The molecule has 1 aromatic heterocycles. The lowest BCUT2D eigenvalue weighted by atomic mass is 10.0. The summed E-state index contributed by atoms with van der Waals surface area (Å²) < 4.78 is 1.73. The lowest BCUT2D eigenvalue weighted by Gasteiger charge is -2.20. The van der Waals surface area contributed by atoms with Gasteiger partial charge in [0, 0.05) is 11.9 Å². The van der Waals surface area contributed by atoms with Gasteiger partial charge in [0.05, 0.1) is 24.4 Å². The van der Waals surface area contributed by atoms with Crippen LogP contribution in [0.2, 0.25) is 0 Å². The Morgan fingerprint density at radius 2 is 2.27 bits per heavy atom. The number of amides is 1. The standard InChI is InChI=1S/C16H16N4OS/c17-11-16(6-7-22-12-16)19-15(21)14-8-18-20(10-14)9-13-4-2-1-3-5-13/h1-5,8,10H,6-7,9,12H2,(H,19,21). The summed E-state index contributed by atoms with van der Waals surface area (Å²) in [4.78, 5) is 12.3. The van der Waals surface area contributed by atoms with Gasteiger partial charge >= 0.3 is 0 Å². The van der Waals surface area contributed by atoms with Gasteiger partial charge in [-0.15, -0.1) is 0 Å². The summed E-state index contributed by atoms with van der Waals surface area (Å²) in [7, 11) is 0. The first-order valence-corrected chi connectivity index (χ1v) is 8.24. The fraction of sp³-hybridized carbons (Fsp3) is 0.312. The lowest BCUT2D eigenvalue weighted by Crippen LogP contribution is -2.47. The van der Waals surface area contributed by atoms with Gasteiger partial charge in [0.25, 0.3) is 5.91 Å². The maximum atomic E-state index is 12.3. The van der Waals surface area contributed by atoms with E-state index in [1.165, 1.54) is 0 Å². The molecule has 1 N–H and O–H groups in total. The smallest absolute Gasteiger partial charge is 0.255 e. The number of benzene rings is 1. The van der Waals surface area contributed by atoms with Crippen molar-refractivity contribution in [2.24, 2.45) is 0 Å². The van der Waals surface area contributed by atoms with Crippen molar-refractivity contribution < 1.29 is 4.79 Å². The van der Waals surface area contributed by atoms with Crippen LogP contribution in [0.5, 0.6) is 0 Å². The zero-order valence-electron chi connectivity index (χ0n) is 12.0. The van der Waals surface area contributed by atoms with Crippen molar-refractivity contribution in [1.29, 1.82) is 5.26 Å². The predicted octanol–water partition coefficient (Wildman–Crippen LogP) is 2.06. The van der Waals surface area contributed by atoms with Crippen LogP contribution in [-0.2, 0) is 6.54 Å². The monoisotopic (exact) mass is 312 g/mol. The Kier molecular flexibility index (Phi) is 4.16. The van der Waals surface area contributed by atoms with Gasteiger partial charge in [0.1, 0.15) is 5.54 Å². The first-order chi connectivity index (χ1) is 10.7. The van der Waals surface area contributed by atoms with Crippen LogP contribution >= 0.6 is 11.8 Å². The molecule has 1 unspecified atom stereocenters. The third-order valence-electron chi connectivity index (χ3n) is 3.67. The van der Waals surface area contributed by atoms with Crippen molar-refractivity contribution in [2.45, 2.75) is 18.5 Å². The van der Waals surface area contributed by atoms with E-state index in [4.69, 9.17) is 0 Å².